The molecule has 1 N–H and O–H groups in total. The number of carbonyl (C=O) groups excluding carboxylic acids is 1. The van der Waals surface area contributed by atoms with Gasteiger partial charge in [-0.3, -0.25) is 4.79 Å². The fourth-order valence-electron chi connectivity index (χ4n) is 1.31. The van der Waals surface area contributed by atoms with Crippen LogP contribution in [-0.2, 0) is 4.79 Å². The van der Waals surface area contributed by atoms with Crippen molar-refractivity contribution in [1.82, 2.24) is 5.32 Å². The van der Waals surface area contributed by atoms with E-state index in [0.717, 1.165) is 5.56 Å². The molecule has 1 aliphatic heterocycles. The van der Waals surface area contributed by atoms with E-state index in [9.17, 15) is 4.79 Å². The van der Waals surface area contributed by atoms with Gasteiger partial charge in [0.05, 0.1) is 5.92 Å². The molecule has 14 heavy (non-hydrogen) atoms. The zero-order chi connectivity index (χ0) is 9.97. The molecule has 0 spiro atoms. The summed E-state index contributed by atoms with van der Waals surface area (Å²) in [6, 6.07) is 9.80. The van der Waals surface area contributed by atoms with Crippen LogP contribution in [0.5, 0.6) is 0 Å². The first-order chi connectivity index (χ1) is 6.77. The van der Waals surface area contributed by atoms with Crippen molar-refractivity contribution in [1.29, 1.82) is 0 Å². The van der Waals surface area contributed by atoms with Gasteiger partial charge in [0, 0.05) is 5.56 Å². The van der Waals surface area contributed by atoms with E-state index in [1.165, 1.54) is 0 Å². The van der Waals surface area contributed by atoms with E-state index in [2.05, 4.69) is 17.2 Å². The quantitative estimate of drug-likeness (QED) is 0.477. The van der Waals surface area contributed by atoms with Crippen LogP contribution < -0.4 is 5.32 Å². The molecule has 0 aliphatic carbocycles. The van der Waals surface area contributed by atoms with Gasteiger partial charge in [0.15, 0.2) is 0 Å². The van der Waals surface area contributed by atoms with Crippen molar-refractivity contribution in [2.75, 3.05) is 0 Å². The molecule has 2 heteroatoms. The minimum absolute atomic E-state index is 0.0303. The summed E-state index contributed by atoms with van der Waals surface area (Å²) in [4.78, 5) is 10.9. The molecule has 1 fully saturated rings. The molecule has 2 rings (SSSR count). The van der Waals surface area contributed by atoms with E-state index in [4.69, 9.17) is 0 Å². The van der Waals surface area contributed by atoms with E-state index in [1.807, 2.05) is 37.3 Å². The summed E-state index contributed by atoms with van der Waals surface area (Å²) in [7, 11) is 0. The van der Waals surface area contributed by atoms with Crippen molar-refractivity contribution in [3.8, 4) is 11.8 Å². The highest BCUT2D eigenvalue weighted by Gasteiger charge is 2.33. The third-order valence-electron chi connectivity index (χ3n) is 2.36. The third-order valence-corrected chi connectivity index (χ3v) is 2.36. The number of benzene rings is 1. The summed E-state index contributed by atoms with van der Waals surface area (Å²) in [5.74, 6) is 6.19. The minimum Gasteiger partial charge on any atom is -0.341 e. The van der Waals surface area contributed by atoms with E-state index in [0.29, 0.717) is 0 Å². The monoisotopic (exact) mass is 185 g/mol. The molecule has 0 saturated carbocycles. The fraction of sp³-hybridized carbons (Fsp3) is 0.250. The number of hydrogen-bond acceptors (Lipinski definition) is 1. The number of nitrogens with one attached hydrogen (secondary N) is 1. The topological polar surface area (TPSA) is 29.1 Å². The Bertz CT molecular complexity index is 399. The van der Waals surface area contributed by atoms with Crippen LogP contribution in [0.3, 0.4) is 0 Å². The second kappa shape index (κ2) is 3.55. The van der Waals surface area contributed by atoms with Crippen molar-refractivity contribution < 1.29 is 4.79 Å². The predicted octanol–water partition coefficient (Wildman–Crippen LogP) is 1.17. The van der Waals surface area contributed by atoms with Gasteiger partial charge in [0.2, 0.25) is 5.91 Å². The van der Waals surface area contributed by atoms with Crippen LogP contribution in [0.4, 0.5) is 0 Å². The average molecular weight is 185 g/mol. The van der Waals surface area contributed by atoms with Crippen molar-refractivity contribution in [3.63, 3.8) is 0 Å². The van der Waals surface area contributed by atoms with Gasteiger partial charge in [-0.05, 0) is 12.1 Å². The fourth-order valence-corrected chi connectivity index (χ4v) is 1.31. The maximum absolute atomic E-state index is 10.9. The normalized spacial score (nSPS) is 24.2. The molecule has 1 heterocycles. The molecule has 2 atom stereocenters. The second-order valence-corrected chi connectivity index (χ2v) is 3.41. The molecule has 1 amide bonds. The second-order valence-electron chi connectivity index (χ2n) is 3.41. The Labute approximate surface area is 83.3 Å². The Morgan fingerprint density at radius 2 is 2.00 bits per heavy atom. The largest absolute Gasteiger partial charge is 0.341 e. The lowest BCUT2D eigenvalue weighted by Gasteiger charge is -2.29. The Hall–Kier alpha value is -1.75. The van der Waals surface area contributed by atoms with Crippen molar-refractivity contribution in [2.24, 2.45) is 5.92 Å². The van der Waals surface area contributed by atoms with Gasteiger partial charge in [0.25, 0.3) is 0 Å². The molecule has 0 unspecified atom stereocenters. The minimum atomic E-state index is 0.0303. The van der Waals surface area contributed by atoms with Gasteiger partial charge in [-0.1, -0.05) is 37.0 Å². The van der Waals surface area contributed by atoms with Crippen LogP contribution in [-0.4, -0.2) is 11.9 Å². The predicted molar refractivity (Wildman–Crippen MR) is 54.4 cm³/mol. The zero-order valence-electron chi connectivity index (χ0n) is 7.95. The Morgan fingerprint density at radius 1 is 1.29 bits per heavy atom. The lowest BCUT2D eigenvalue weighted by molar-refractivity contribution is -0.132. The van der Waals surface area contributed by atoms with Crippen LogP contribution >= 0.6 is 0 Å². The summed E-state index contributed by atoms with van der Waals surface area (Å²) in [5, 5.41) is 2.75. The number of rotatable bonds is 0. The van der Waals surface area contributed by atoms with Gasteiger partial charge in [0.1, 0.15) is 6.04 Å². The first kappa shape index (κ1) is 8.83. The molecule has 0 radical (unpaired) electrons. The molecular formula is C12H11NO. The van der Waals surface area contributed by atoms with Crippen LogP contribution in [0.2, 0.25) is 0 Å². The van der Waals surface area contributed by atoms with Gasteiger partial charge >= 0.3 is 0 Å². The maximum Gasteiger partial charge on any atom is 0.226 e. The van der Waals surface area contributed by atoms with Crippen molar-refractivity contribution >= 4 is 5.91 Å². The third kappa shape index (κ3) is 1.62. The number of β-lactam (4-membered cyclic amide) rings is 1. The highest BCUT2D eigenvalue weighted by atomic mass is 16.2. The summed E-state index contributed by atoms with van der Waals surface area (Å²) >= 11 is 0. The first-order valence-corrected chi connectivity index (χ1v) is 4.64. The SMILES string of the molecule is C[C@H]1C(=O)N[C@H]1C#Cc1ccccc1. The smallest absolute Gasteiger partial charge is 0.226 e. The first-order valence-electron chi connectivity index (χ1n) is 4.64. The van der Waals surface area contributed by atoms with Gasteiger partial charge in [-0.2, -0.15) is 0 Å². The zero-order valence-corrected chi connectivity index (χ0v) is 7.95. The molecule has 1 saturated heterocycles. The Balaban J connectivity index is 2.05. The van der Waals surface area contributed by atoms with Gasteiger partial charge < -0.3 is 5.32 Å². The molecule has 1 aromatic rings. The van der Waals surface area contributed by atoms with Crippen LogP contribution in [0, 0.1) is 17.8 Å². The van der Waals surface area contributed by atoms with E-state index >= 15 is 0 Å². The summed E-state index contributed by atoms with van der Waals surface area (Å²) in [6.07, 6.45) is 0. The lowest BCUT2D eigenvalue weighted by atomic mass is 9.93. The number of amides is 1. The standard InChI is InChI=1S/C12H11NO/c1-9-11(13-12(9)14)8-7-10-5-3-2-4-6-10/h2-6,9,11H,1H3,(H,13,14)/t9-,11+/m1/s1. The molecule has 1 aliphatic rings. The average Bonchev–Trinajstić information content (AvgIpc) is 2.25. The number of hydrogen-bond donors (Lipinski definition) is 1. The summed E-state index contributed by atoms with van der Waals surface area (Å²) in [6.45, 7) is 1.89. The molecule has 2 nitrogen and oxygen atoms in total. The molecule has 0 bridgehead atoms. The Morgan fingerprint density at radius 3 is 2.57 bits per heavy atom. The molecule has 70 valence electrons. The van der Waals surface area contributed by atoms with Crippen molar-refractivity contribution in [2.45, 2.75) is 13.0 Å². The highest BCUT2D eigenvalue weighted by Crippen LogP contribution is 2.12. The van der Waals surface area contributed by atoms with Crippen LogP contribution in [0.15, 0.2) is 30.3 Å². The Kier molecular flexibility index (Phi) is 2.24. The highest BCUT2D eigenvalue weighted by molar-refractivity contribution is 5.86. The summed E-state index contributed by atoms with van der Waals surface area (Å²) in [5.41, 5.74) is 0.987. The van der Waals surface area contributed by atoms with Gasteiger partial charge in [-0.25, -0.2) is 0 Å². The molecule has 0 aromatic heterocycles. The summed E-state index contributed by atoms with van der Waals surface area (Å²) < 4.78 is 0. The van der Waals surface area contributed by atoms with E-state index < -0.39 is 0 Å². The van der Waals surface area contributed by atoms with E-state index in [1.54, 1.807) is 0 Å². The molecular weight excluding hydrogens is 174 g/mol. The van der Waals surface area contributed by atoms with Gasteiger partial charge in [-0.15, -0.1) is 0 Å². The molecule has 1 aromatic carbocycles. The van der Waals surface area contributed by atoms with Crippen molar-refractivity contribution in [3.05, 3.63) is 35.9 Å². The van der Waals surface area contributed by atoms with E-state index in [-0.39, 0.29) is 17.9 Å². The number of carbonyl (C=O) groups is 1. The van der Waals surface area contributed by atoms with Crippen LogP contribution in [0.25, 0.3) is 0 Å². The van der Waals surface area contributed by atoms with Crippen LogP contribution in [0.1, 0.15) is 12.5 Å². The maximum atomic E-state index is 10.9. The lowest BCUT2D eigenvalue weighted by Crippen LogP contribution is -2.55.